The highest BCUT2D eigenvalue weighted by Crippen LogP contribution is 2.82. The summed E-state index contributed by atoms with van der Waals surface area (Å²) in [5, 5.41) is 11.9. The smallest absolute Gasteiger partial charge is 0.0602 e. The van der Waals surface area contributed by atoms with Crippen molar-refractivity contribution in [1.29, 1.82) is 0 Å². The van der Waals surface area contributed by atoms with Gasteiger partial charge in [-0.1, -0.05) is 25.4 Å². The highest BCUT2D eigenvalue weighted by molar-refractivity contribution is 6.30. The second kappa shape index (κ2) is 4.14. The van der Waals surface area contributed by atoms with Gasteiger partial charge in [0, 0.05) is 5.03 Å². The third kappa shape index (κ3) is 1.39. The maximum atomic E-state index is 10.7. The molecule has 22 heavy (non-hydrogen) atoms. The molecule has 5 aliphatic rings. The number of rotatable bonds is 0. The average molecular weight is 321 g/mol. The molecule has 0 bridgehead atoms. The number of hydrogen-bond donors (Lipinski definition) is 1. The molecule has 4 saturated carbocycles. The van der Waals surface area contributed by atoms with Gasteiger partial charge in [0.25, 0.3) is 0 Å². The largest absolute Gasteiger partial charge is 0.393 e. The Bertz CT molecular complexity index is 568. The molecule has 5 rings (SSSR count). The normalized spacial score (nSPS) is 59.5. The van der Waals surface area contributed by atoms with E-state index < -0.39 is 0 Å². The van der Waals surface area contributed by atoms with Crippen LogP contribution in [0, 0.1) is 34.0 Å². The first kappa shape index (κ1) is 14.3. The Balaban J connectivity index is 1.58. The van der Waals surface area contributed by atoms with Gasteiger partial charge < -0.3 is 5.11 Å². The minimum absolute atomic E-state index is 0.0353. The van der Waals surface area contributed by atoms with Crippen molar-refractivity contribution in [3.05, 3.63) is 10.6 Å². The molecule has 5 aliphatic carbocycles. The summed E-state index contributed by atoms with van der Waals surface area (Å²) < 4.78 is 0. The zero-order valence-corrected chi connectivity index (χ0v) is 14.8. The minimum atomic E-state index is -0.0353. The second-order valence-corrected chi connectivity index (χ2v) is 10.0. The van der Waals surface area contributed by atoms with Crippen LogP contribution in [0.1, 0.15) is 71.6 Å². The molecule has 0 saturated heterocycles. The van der Waals surface area contributed by atoms with Gasteiger partial charge in [0.05, 0.1) is 6.10 Å². The van der Waals surface area contributed by atoms with E-state index in [1.165, 1.54) is 50.0 Å². The molecule has 2 heteroatoms. The van der Waals surface area contributed by atoms with Crippen molar-refractivity contribution < 1.29 is 5.11 Å². The summed E-state index contributed by atoms with van der Waals surface area (Å²) in [5.41, 5.74) is 2.70. The van der Waals surface area contributed by atoms with E-state index in [-0.39, 0.29) is 11.5 Å². The molecule has 0 unspecified atom stereocenters. The topological polar surface area (TPSA) is 20.2 Å². The highest BCUT2D eigenvalue weighted by Gasteiger charge is 2.77. The van der Waals surface area contributed by atoms with Gasteiger partial charge in [-0.05, 0) is 97.4 Å². The maximum absolute atomic E-state index is 10.7. The molecule has 122 valence electrons. The van der Waals surface area contributed by atoms with E-state index in [1.807, 2.05) is 0 Å². The molecule has 0 aromatic heterocycles. The third-order valence-electron chi connectivity index (χ3n) is 9.21. The van der Waals surface area contributed by atoms with Crippen molar-refractivity contribution in [1.82, 2.24) is 0 Å². The molecule has 0 amide bonds. The predicted molar refractivity (Wildman–Crippen MR) is 89.6 cm³/mol. The Labute approximate surface area is 139 Å². The molecule has 1 nitrogen and oxygen atoms in total. The molecule has 1 spiro atoms. The lowest BCUT2D eigenvalue weighted by Gasteiger charge is -2.59. The minimum Gasteiger partial charge on any atom is -0.393 e. The molecular weight excluding hydrogens is 292 g/mol. The van der Waals surface area contributed by atoms with E-state index in [2.05, 4.69) is 13.8 Å². The van der Waals surface area contributed by atoms with E-state index in [4.69, 9.17) is 11.6 Å². The first-order valence-electron chi connectivity index (χ1n) is 9.49. The number of aliphatic hydroxyl groups is 1. The van der Waals surface area contributed by atoms with Gasteiger partial charge in [0.15, 0.2) is 0 Å². The van der Waals surface area contributed by atoms with Crippen molar-refractivity contribution in [2.24, 2.45) is 34.0 Å². The Morgan fingerprint density at radius 3 is 2.73 bits per heavy atom. The first-order chi connectivity index (χ1) is 10.4. The van der Waals surface area contributed by atoms with Crippen LogP contribution in [0.5, 0.6) is 0 Å². The number of hydrogen-bond acceptors (Lipinski definition) is 1. The zero-order chi connectivity index (χ0) is 15.3. The average Bonchev–Trinajstić information content (AvgIpc) is 3.13. The second-order valence-electron chi connectivity index (χ2n) is 9.56. The van der Waals surface area contributed by atoms with Gasteiger partial charge in [0.2, 0.25) is 0 Å². The fourth-order valence-electron chi connectivity index (χ4n) is 8.05. The molecular formula is C20H29ClO. The van der Waals surface area contributed by atoms with Crippen LogP contribution in [0.2, 0.25) is 0 Å². The van der Waals surface area contributed by atoms with E-state index in [9.17, 15) is 5.11 Å². The number of halogens is 1. The Hall–Kier alpha value is -0.0100. The van der Waals surface area contributed by atoms with Crippen molar-refractivity contribution in [3.63, 3.8) is 0 Å². The Morgan fingerprint density at radius 1 is 1.09 bits per heavy atom. The van der Waals surface area contributed by atoms with Crippen molar-refractivity contribution in [2.75, 3.05) is 0 Å². The summed E-state index contributed by atoms with van der Waals surface area (Å²) in [6, 6.07) is 0. The van der Waals surface area contributed by atoms with Crippen LogP contribution in [-0.4, -0.2) is 11.2 Å². The van der Waals surface area contributed by atoms with Crippen LogP contribution in [0.15, 0.2) is 10.6 Å². The summed E-state index contributed by atoms with van der Waals surface area (Å²) in [6.07, 6.45) is 11.3. The lowest BCUT2D eigenvalue weighted by atomic mass is 9.45. The molecule has 0 aromatic rings. The van der Waals surface area contributed by atoms with Gasteiger partial charge in [-0.3, -0.25) is 0 Å². The first-order valence-corrected chi connectivity index (χ1v) is 9.87. The van der Waals surface area contributed by atoms with Gasteiger partial charge in [-0.15, -0.1) is 0 Å². The predicted octanol–water partition coefficient (Wildman–Crippen LogP) is 5.27. The van der Waals surface area contributed by atoms with Crippen LogP contribution in [-0.2, 0) is 0 Å². The monoisotopic (exact) mass is 320 g/mol. The zero-order valence-electron chi connectivity index (χ0n) is 14.0. The number of fused-ring (bicyclic) bond motifs is 3. The highest BCUT2D eigenvalue weighted by atomic mass is 35.5. The van der Waals surface area contributed by atoms with E-state index in [0.717, 1.165) is 30.6 Å². The lowest BCUT2D eigenvalue weighted by Crippen LogP contribution is -2.53. The molecule has 1 N–H and O–H groups in total. The van der Waals surface area contributed by atoms with E-state index >= 15 is 0 Å². The quantitative estimate of drug-likeness (QED) is 0.645. The molecule has 7 atom stereocenters. The van der Waals surface area contributed by atoms with Crippen LogP contribution >= 0.6 is 11.6 Å². The van der Waals surface area contributed by atoms with Gasteiger partial charge in [0.1, 0.15) is 0 Å². The summed E-state index contributed by atoms with van der Waals surface area (Å²) in [5.74, 6) is 2.51. The van der Waals surface area contributed by atoms with Crippen molar-refractivity contribution in [2.45, 2.75) is 77.7 Å². The fourth-order valence-corrected chi connectivity index (χ4v) is 8.49. The fraction of sp³-hybridized carbons (Fsp3) is 0.900. The molecule has 4 fully saturated rings. The molecule has 0 radical (unpaired) electrons. The van der Waals surface area contributed by atoms with Crippen molar-refractivity contribution >= 4 is 11.6 Å². The summed E-state index contributed by atoms with van der Waals surface area (Å²) >= 11 is 6.66. The van der Waals surface area contributed by atoms with E-state index in [1.54, 1.807) is 5.57 Å². The van der Waals surface area contributed by atoms with Gasteiger partial charge >= 0.3 is 0 Å². The Kier molecular flexibility index (Phi) is 2.70. The van der Waals surface area contributed by atoms with Gasteiger partial charge in [-0.2, -0.15) is 0 Å². The van der Waals surface area contributed by atoms with Crippen LogP contribution in [0.25, 0.3) is 0 Å². The lowest BCUT2D eigenvalue weighted by molar-refractivity contribution is -0.102. The third-order valence-corrected chi connectivity index (χ3v) is 9.63. The summed E-state index contributed by atoms with van der Waals surface area (Å²) in [6.45, 7) is 4.95. The summed E-state index contributed by atoms with van der Waals surface area (Å²) in [7, 11) is 0. The molecule has 0 aliphatic heterocycles. The number of allylic oxidation sites excluding steroid dienone is 2. The standard InChI is InChI=1S/C20H29ClO/c1-18-8-3-4-16(21)15(18)6-5-14-13(18)7-9-19(2)17(22)10-12-11-20(12,14)19/h12-14,17,22H,3-11H2,1-2H3/t12-,13+,14-,17+,18-,19-,20+/m1/s1. The van der Waals surface area contributed by atoms with Crippen LogP contribution in [0.4, 0.5) is 0 Å². The molecule has 0 heterocycles. The van der Waals surface area contributed by atoms with Crippen LogP contribution in [0.3, 0.4) is 0 Å². The van der Waals surface area contributed by atoms with E-state index in [0.29, 0.717) is 10.8 Å². The van der Waals surface area contributed by atoms with Crippen molar-refractivity contribution in [3.8, 4) is 0 Å². The SMILES string of the molecule is C[C@]12CCCC(Cl)=C1CC[C@@H]1[C@@H]2CC[C@]2(C)[C@@H](O)C[C@@H]3C[C@]312. The molecule has 0 aromatic carbocycles. The summed E-state index contributed by atoms with van der Waals surface area (Å²) in [4.78, 5) is 0. The number of aliphatic hydroxyl groups excluding tert-OH is 1. The van der Waals surface area contributed by atoms with Gasteiger partial charge in [-0.25, -0.2) is 0 Å². The Morgan fingerprint density at radius 2 is 1.91 bits per heavy atom. The maximum Gasteiger partial charge on any atom is 0.0602 e. The van der Waals surface area contributed by atoms with Crippen LogP contribution < -0.4 is 0 Å².